The molecule has 0 fully saturated rings. The summed E-state index contributed by atoms with van der Waals surface area (Å²) < 4.78 is 11.7. The van der Waals surface area contributed by atoms with E-state index in [0.29, 0.717) is 19.1 Å². The summed E-state index contributed by atoms with van der Waals surface area (Å²) in [4.78, 5) is 4.46. The Kier molecular flexibility index (Phi) is 6.21. The zero-order valence-corrected chi connectivity index (χ0v) is 16.7. The van der Waals surface area contributed by atoms with Crippen molar-refractivity contribution in [1.29, 1.82) is 0 Å². The minimum atomic E-state index is 0.499. The van der Waals surface area contributed by atoms with Crippen molar-refractivity contribution < 1.29 is 9.47 Å². The largest absolute Gasteiger partial charge is 0.489 e. The molecule has 0 saturated heterocycles. The van der Waals surface area contributed by atoms with Gasteiger partial charge < -0.3 is 9.47 Å². The molecular weight excluding hydrogens is 370 g/mol. The average Bonchev–Trinajstić information content (AvgIpc) is 2.83. The van der Waals surface area contributed by atoms with E-state index in [2.05, 4.69) is 23.7 Å². The predicted molar refractivity (Wildman–Crippen MR) is 121 cm³/mol. The van der Waals surface area contributed by atoms with Crippen molar-refractivity contribution >= 4 is 6.08 Å². The summed E-state index contributed by atoms with van der Waals surface area (Å²) in [6.07, 6.45) is 3.66. The van der Waals surface area contributed by atoms with Gasteiger partial charge in [0.2, 0.25) is 5.88 Å². The van der Waals surface area contributed by atoms with E-state index >= 15 is 0 Å². The van der Waals surface area contributed by atoms with Gasteiger partial charge in [0.25, 0.3) is 0 Å². The molecule has 0 saturated carbocycles. The lowest BCUT2D eigenvalue weighted by atomic mass is 10.0. The number of rotatable bonds is 8. The molecule has 4 aromatic rings. The van der Waals surface area contributed by atoms with Crippen LogP contribution in [0.15, 0.2) is 104 Å². The maximum atomic E-state index is 5.94. The van der Waals surface area contributed by atoms with Crippen molar-refractivity contribution in [3.8, 4) is 22.8 Å². The van der Waals surface area contributed by atoms with Gasteiger partial charge in [-0.25, -0.2) is 4.98 Å². The Morgan fingerprint density at radius 2 is 1.40 bits per heavy atom. The molecule has 148 valence electrons. The van der Waals surface area contributed by atoms with Crippen LogP contribution in [0, 0.1) is 0 Å². The van der Waals surface area contributed by atoms with E-state index in [4.69, 9.17) is 9.47 Å². The van der Waals surface area contributed by atoms with Gasteiger partial charge in [-0.15, -0.1) is 0 Å². The molecule has 3 heteroatoms. The molecule has 0 aliphatic rings. The Balaban J connectivity index is 1.44. The molecule has 30 heavy (non-hydrogen) atoms. The average molecular weight is 393 g/mol. The second-order valence-electron chi connectivity index (χ2n) is 6.89. The summed E-state index contributed by atoms with van der Waals surface area (Å²) in [6.45, 7) is 4.99. The number of benzene rings is 3. The summed E-state index contributed by atoms with van der Waals surface area (Å²) in [5.41, 5.74) is 5.31. The van der Waals surface area contributed by atoms with Gasteiger partial charge in [0.15, 0.2) is 0 Å². The van der Waals surface area contributed by atoms with Crippen molar-refractivity contribution in [2.75, 3.05) is 0 Å². The minimum Gasteiger partial charge on any atom is -0.489 e. The van der Waals surface area contributed by atoms with Gasteiger partial charge in [-0.3, -0.25) is 0 Å². The van der Waals surface area contributed by atoms with Crippen LogP contribution in [-0.4, -0.2) is 4.98 Å². The molecule has 0 spiro atoms. The molecule has 0 aliphatic carbocycles. The first kappa shape index (κ1) is 19.5. The highest BCUT2D eigenvalue weighted by molar-refractivity contribution is 5.75. The lowest BCUT2D eigenvalue weighted by Crippen LogP contribution is -1.97. The van der Waals surface area contributed by atoms with Crippen molar-refractivity contribution in [2.24, 2.45) is 0 Å². The third-order valence-corrected chi connectivity index (χ3v) is 4.77. The van der Waals surface area contributed by atoms with Gasteiger partial charge in [-0.05, 0) is 40.5 Å². The summed E-state index contributed by atoms with van der Waals surface area (Å²) in [5, 5.41) is 0. The first-order valence-electron chi connectivity index (χ1n) is 9.88. The first-order valence-corrected chi connectivity index (χ1v) is 9.88. The molecule has 4 rings (SSSR count). The summed E-state index contributed by atoms with van der Waals surface area (Å²) >= 11 is 0. The number of pyridine rings is 1. The number of hydrogen-bond acceptors (Lipinski definition) is 3. The molecule has 3 nitrogen and oxygen atoms in total. The quantitative estimate of drug-likeness (QED) is 0.340. The second kappa shape index (κ2) is 9.57. The monoisotopic (exact) mass is 393 g/mol. The minimum absolute atomic E-state index is 0.499. The maximum absolute atomic E-state index is 5.94. The molecule has 0 radical (unpaired) electrons. The Bertz CT molecular complexity index is 1090. The lowest BCUT2D eigenvalue weighted by molar-refractivity contribution is 0.294. The van der Waals surface area contributed by atoms with Gasteiger partial charge >= 0.3 is 0 Å². The van der Waals surface area contributed by atoms with Gasteiger partial charge in [-0.2, -0.15) is 0 Å². The molecule has 3 aromatic carbocycles. The third kappa shape index (κ3) is 4.95. The van der Waals surface area contributed by atoms with E-state index in [0.717, 1.165) is 33.6 Å². The fourth-order valence-corrected chi connectivity index (χ4v) is 3.16. The Labute approximate surface area is 177 Å². The van der Waals surface area contributed by atoms with Crippen molar-refractivity contribution in [2.45, 2.75) is 13.2 Å². The molecular formula is C27H23NO2. The van der Waals surface area contributed by atoms with Crippen LogP contribution in [-0.2, 0) is 13.2 Å². The topological polar surface area (TPSA) is 31.4 Å². The smallest absolute Gasteiger partial charge is 0.213 e. The molecule has 0 aliphatic heterocycles. The van der Waals surface area contributed by atoms with Crippen LogP contribution in [0.1, 0.15) is 16.7 Å². The van der Waals surface area contributed by atoms with Crippen LogP contribution in [0.5, 0.6) is 11.6 Å². The summed E-state index contributed by atoms with van der Waals surface area (Å²) in [5.74, 6) is 1.42. The van der Waals surface area contributed by atoms with E-state index in [1.807, 2.05) is 91.1 Å². The van der Waals surface area contributed by atoms with Crippen LogP contribution in [0.4, 0.5) is 0 Å². The van der Waals surface area contributed by atoms with Crippen LogP contribution < -0.4 is 9.47 Å². The highest BCUT2D eigenvalue weighted by atomic mass is 16.5. The van der Waals surface area contributed by atoms with Gasteiger partial charge in [0.05, 0.1) is 0 Å². The summed E-state index contributed by atoms with van der Waals surface area (Å²) in [6, 6.07) is 30.1. The normalized spacial score (nSPS) is 10.4. The Morgan fingerprint density at radius 1 is 0.733 bits per heavy atom. The SMILES string of the molecule is C=Cc1cc(OCc2ccccc2)ccc1-c1ccc(OCc2ccccc2)nc1. The van der Waals surface area contributed by atoms with Crippen LogP contribution >= 0.6 is 0 Å². The van der Waals surface area contributed by atoms with E-state index in [1.54, 1.807) is 0 Å². The zero-order valence-electron chi connectivity index (χ0n) is 16.7. The fourth-order valence-electron chi connectivity index (χ4n) is 3.16. The molecule has 1 aromatic heterocycles. The van der Waals surface area contributed by atoms with E-state index < -0.39 is 0 Å². The molecule has 0 N–H and O–H groups in total. The Hall–Kier alpha value is -3.85. The van der Waals surface area contributed by atoms with Crippen molar-refractivity contribution in [1.82, 2.24) is 4.98 Å². The number of nitrogens with zero attached hydrogens (tertiary/aromatic N) is 1. The number of hydrogen-bond donors (Lipinski definition) is 0. The van der Waals surface area contributed by atoms with Crippen molar-refractivity contribution in [3.63, 3.8) is 0 Å². The van der Waals surface area contributed by atoms with E-state index in [-0.39, 0.29) is 0 Å². The molecule has 0 atom stereocenters. The molecule has 0 unspecified atom stereocenters. The van der Waals surface area contributed by atoms with Crippen LogP contribution in [0.3, 0.4) is 0 Å². The van der Waals surface area contributed by atoms with Crippen molar-refractivity contribution in [3.05, 3.63) is 120 Å². The maximum Gasteiger partial charge on any atom is 0.213 e. The van der Waals surface area contributed by atoms with Gasteiger partial charge in [0, 0.05) is 17.8 Å². The Morgan fingerprint density at radius 3 is 2.00 bits per heavy atom. The highest BCUT2D eigenvalue weighted by Gasteiger charge is 2.07. The lowest BCUT2D eigenvalue weighted by Gasteiger charge is -2.11. The molecule has 0 bridgehead atoms. The third-order valence-electron chi connectivity index (χ3n) is 4.77. The molecule has 1 heterocycles. The van der Waals surface area contributed by atoms with Crippen LogP contribution in [0.25, 0.3) is 17.2 Å². The second-order valence-corrected chi connectivity index (χ2v) is 6.89. The number of aromatic nitrogens is 1. The van der Waals surface area contributed by atoms with Gasteiger partial charge in [-0.1, -0.05) is 79.4 Å². The van der Waals surface area contributed by atoms with E-state index in [9.17, 15) is 0 Å². The van der Waals surface area contributed by atoms with Crippen LogP contribution in [0.2, 0.25) is 0 Å². The standard InChI is InChI=1S/C27H23NO2/c1-2-23-17-25(29-19-21-9-5-3-6-10-21)14-15-26(23)24-13-16-27(28-18-24)30-20-22-11-7-4-8-12-22/h2-18H,1,19-20H2. The van der Waals surface area contributed by atoms with Gasteiger partial charge in [0.1, 0.15) is 19.0 Å². The van der Waals surface area contributed by atoms with E-state index in [1.165, 1.54) is 0 Å². The zero-order chi connectivity index (χ0) is 20.6. The summed E-state index contributed by atoms with van der Waals surface area (Å²) in [7, 11) is 0. The fraction of sp³-hybridized carbons (Fsp3) is 0.0741. The molecule has 0 amide bonds. The highest BCUT2D eigenvalue weighted by Crippen LogP contribution is 2.29. The number of ether oxygens (including phenoxy) is 2. The first-order chi connectivity index (χ1) is 14.8. The predicted octanol–water partition coefficient (Wildman–Crippen LogP) is 6.55.